The van der Waals surface area contributed by atoms with Crippen molar-refractivity contribution in [3.63, 3.8) is 0 Å². The van der Waals surface area contributed by atoms with Gasteiger partial charge in [0.25, 0.3) is 0 Å². The molecule has 0 aliphatic heterocycles. The highest BCUT2D eigenvalue weighted by atomic mass is 32.2. The predicted molar refractivity (Wildman–Crippen MR) is 83.1 cm³/mol. The fraction of sp³-hybridized carbons (Fsp3) is 0.467. The smallest absolute Gasteiger partial charge is 0.150 e. The van der Waals surface area contributed by atoms with Crippen molar-refractivity contribution in [3.05, 3.63) is 36.3 Å². The molecule has 0 bridgehead atoms. The van der Waals surface area contributed by atoms with Crippen LogP contribution >= 0.6 is 0 Å². The van der Waals surface area contributed by atoms with Gasteiger partial charge in [0, 0.05) is 12.4 Å². The third kappa shape index (κ3) is 3.32. The standard InChI is InChI=1S/C15H20N4OS/c16-14-7-4-9-17-15(14)21(20)11-12-8-10-19(18-12)13-5-2-1-3-6-13/h4,7-10,13H,1-3,5-6,11,16H2. The van der Waals surface area contributed by atoms with Gasteiger partial charge in [-0.05, 0) is 31.0 Å². The summed E-state index contributed by atoms with van der Waals surface area (Å²) in [6.45, 7) is 0. The van der Waals surface area contributed by atoms with Gasteiger partial charge in [-0.25, -0.2) is 4.98 Å². The molecule has 21 heavy (non-hydrogen) atoms. The van der Waals surface area contributed by atoms with E-state index in [2.05, 4.69) is 10.1 Å². The fourth-order valence-corrected chi connectivity index (χ4v) is 3.87. The number of aromatic nitrogens is 3. The number of nitrogen functional groups attached to an aromatic ring is 1. The molecule has 1 unspecified atom stereocenters. The van der Waals surface area contributed by atoms with Gasteiger partial charge in [-0.3, -0.25) is 8.89 Å². The van der Waals surface area contributed by atoms with Crippen LogP contribution < -0.4 is 5.73 Å². The highest BCUT2D eigenvalue weighted by Crippen LogP contribution is 2.27. The Hall–Kier alpha value is -1.69. The second-order valence-electron chi connectivity index (χ2n) is 5.47. The van der Waals surface area contributed by atoms with Crippen molar-refractivity contribution in [2.24, 2.45) is 0 Å². The minimum absolute atomic E-state index is 0.362. The molecule has 2 heterocycles. The quantitative estimate of drug-likeness (QED) is 0.942. The molecule has 2 aromatic rings. The highest BCUT2D eigenvalue weighted by Gasteiger charge is 2.17. The number of nitrogens with zero attached hydrogens (tertiary/aromatic N) is 3. The topological polar surface area (TPSA) is 73.8 Å². The van der Waals surface area contributed by atoms with Crippen LogP contribution in [0.25, 0.3) is 0 Å². The Bertz CT molecular complexity index is 634. The lowest BCUT2D eigenvalue weighted by Crippen LogP contribution is -2.13. The van der Waals surface area contributed by atoms with Gasteiger partial charge in [0.05, 0.1) is 34.0 Å². The Kier molecular flexibility index (Phi) is 4.34. The van der Waals surface area contributed by atoms with Crippen LogP contribution in [0.1, 0.15) is 43.8 Å². The lowest BCUT2D eigenvalue weighted by Gasteiger charge is -2.21. The maximum absolute atomic E-state index is 12.3. The second kappa shape index (κ2) is 6.39. The van der Waals surface area contributed by atoms with Crippen molar-refractivity contribution in [2.75, 3.05) is 5.73 Å². The molecule has 5 nitrogen and oxygen atoms in total. The number of pyridine rings is 1. The average molecular weight is 304 g/mol. The average Bonchev–Trinajstić information content (AvgIpc) is 2.97. The van der Waals surface area contributed by atoms with Crippen molar-refractivity contribution in [1.82, 2.24) is 14.8 Å². The molecule has 2 N–H and O–H groups in total. The molecule has 1 atom stereocenters. The van der Waals surface area contributed by atoms with Crippen molar-refractivity contribution in [2.45, 2.75) is 48.9 Å². The Morgan fingerprint density at radius 3 is 2.86 bits per heavy atom. The third-order valence-electron chi connectivity index (χ3n) is 3.91. The van der Waals surface area contributed by atoms with Gasteiger partial charge in [0.1, 0.15) is 5.03 Å². The van der Waals surface area contributed by atoms with Crippen LogP contribution in [-0.4, -0.2) is 19.0 Å². The molecule has 0 aromatic carbocycles. The van der Waals surface area contributed by atoms with Crippen LogP contribution in [0, 0.1) is 0 Å². The SMILES string of the molecule is Nc1cccnc1S(=O)Cc1ccn(C2CCCCC2)n1. The van der Waals surface area contributed by atoms with Crippen LogP contribution in [0.4, 0.5) is 5.69 Å². The summed E-state index contributed by atoms with van der Waals surface area (Å²) < 4.78 is 14.4. The molecule has 6 heteroatoms. The van der Waals surface area contributed by atoms with E-state index in [0.29, 0.717) is 22.5 Å². The highest BCUT2D eigenvalue weighted by molar-refractivity contribution is 7.84. The molecule has 1 saturated carbocycles. The molecule has 0 spiro atoms. The first-order valence-corrected chi connectivity index (χ1v) is 8.69. The Balaban J connectivity index is 1.69. The molecule has 1 fully saturated rings. The molecule has 112 valence electrons. The van der Waals surface area contributed by atoms with Gasteiger partial charge in [0.15, 0.2) is 0 Å². The number of anilines is 1. The van der Waals surface area contributed by atoms with Gasteiger partial charge in [-0.15, -0.1) is 0 Å². The van der Waals surface area contributed by atoms with E-state index >= 15 is 0 Å². The maximum Gasteiger partial charge on any atom is 0.150 e. The predicted octanol–water partition coefficient (Wildman–Crippen LogP) is 2.67. The fourth-order valence-electron chi connectivity index (χ4n) is 2.80. The van der Waals surface area contributed by atoms with E-state index in [1.165, 1.54) is 32.1 Å². The summed E-state index contributed by atoms with van der Waals surface area (Å²) >= 11 is 0. The summed E-state index contributed by atoms with van der Waals surface area (Å²) in [5, 5.41) is 5.03. The minimum atomic E-state index is -1.25. The molecular weight excluding hydrogens is 284 g/mol. The Labute approximate surface area is 127 Å². The summed E-state index contributed by atoms with van der Waals surface area (Å²) in [7, 11) is -1.25. The van der Waals surface area contributed by atoms with Crippen LogP contribution in [0.5, 0.6) is 0 Å². The summed E-state index contributed by atoms with van der Waals surface area (Å²) in [4.78, 5) is 4.11. The minimum Gasteiger partial charge on any atom is -0.396 e. The zero-order valence-electron chi connectivity index (χ0n) is 11.9. The first-order chi connectivity index (χ1) is 10.2. The van der Waals surface area contributed by atoms with Gasteiger partial charge in [0.2, 0.25) is 0 Å². The Morgan fingerprint density at radius 2 is 2.10 bits per heavy atom. The van der Waals surface area contributed by atoms with Crippen molar-refractivity contribution >= 4 is 16.5 Å². The van der Waals surface area contributed by atoms with Gasteiger partial charge in [-0.1, -0.05) is 19.3 Å². The van der Waals surface area contributed by atoms with Crippen molar-refractivity contribution in [3.8, 4) is 0 Å². The van der Waals surface area contributed by atoms with E-state index in [1.807, 2.05) is 16.9 Å². The molecule has 3 rings (SSSR count). The summed E-state index contributed by atoms with van der Waals surface area (Å²) in [5.74, 6) is 0.362. The molecular formula is C15H20N4OS. The number of nitrogens with two attached hydrogens (primary N) is 1. The lowest BCUT2D eigenvalue weighted by atomic mass is 9.96. The molecule has 2 aromatic heterocycles. The zero-order valence-corrected chi connectivity index (χ0v) is 12.8. The van der Waals surface area contributed by atoms with Crippen LogP contribution in [0.2, 0.25) is 0 Å². The third-order valence-corrected chi connectivity index (χ3v) is 5.24. The van der Waals surface area contributed by atoms with E-state index in [0.717, 1.165) is 5.69 Å². The van der Waals surface area contributed by atoms with Gasteiger partial charge < -0.3 is 5.73 Å². The van der Waals surface area contributed by atoms with E-state index in [4.69, 9.17) is 5.73 Å². The van der Waals surface area contributed by atoms with Crippen molar-refractivity contribution < 1.29 is 4.21 Å². The largest absolute Gasteiger partial charge is 0.396 e. The van der Waals surface area contributed by atoms with Crippen LogP contribution in [0.15, 0.2) is 35.6 Å². The first-order valence-electron chi connectivity index (χ1n) is 7.37. The molecule has 1 aliphatic rings. The first kappa shape index (κ1) is 14.3. The molecule has 0 amide bonds. The van der Waals surface area contributed by atoms with E-state index in [-0.39, 0.29) is 0 Å². The Morgan fingerprint density at radius 1 is 1.29 bits per heavy atom. The van der Waals surface area contributed by atoms with Crippen molar-refractivity contribution in [1.29, 1.82) is 0 Å². The molecule has 0 saturated heterocycles. The maximum atomic E-state index is 12.3. The van der Waals surface area contributed by atoms with Gasteiger partial charge >= 0.3 is 0 Å². The summed E-state index contributed by atoms with van der Waals surface area (Å²) in [5.41, 5.74) is 7.13. The second-order valence-corrected chi connectivity index (χ2v) is 6.83. The van der Waals surface area contributed by atoms with Crippen LogP contribution in [-0.2, 0) is 16.6 Å². The lowest BCUT2D eigenvalue weighted by molar-refractivity contribution is 0.328. The number of hydrogen-bond acceptors (Lipinski definition) is 4. The van der Waals surface area contributed by atoms with Crippen LogP contribution in [0.3, 0.4) is 0 Å². The summed E-state index contributed by atoms with van der Waals surface area (Å²) in [6.07, 6.45) is 9.88. The number of rotatable bonds is 4. The molecule has 0 radical (unpaired) electrons. The molecule has 1 aliphatic carbocycles. The van der Waals surface area contributed by atoms with E-state index in [1.54, 1.807) is 18.3 Å². The zero-order chi connectivity index (χ0) is 14.7. The van der Waals surface area contributed by atoms with E-state index < -0.39 is 10.8 Å². The van der Waals surface area contributed by atoms with E-state index in [9.17, 15) is 4.21 Å². The van der Waals surface area contributed by atoms with Gasteiger partial charge in [-0.2, -0.15) is 5.10 Å². The monoisotopic (exact) mass is 304 g/mol. The summed E-state index contributed by atoms with van der Waals surface area (Å²) in [6, 6.07) is 5.92. The number of hydrogen-bond donors (Lipinski definition) is 1. The normalized spacial score (nSPS) is 17.7.